The Kier molecular flexibility index (Phi) is 4.18. The van der Waals surface area contributed by atoms with E-state index >= 15 is 0 Å². The van der Waals surface area contributed by atoms with E-state index < -0.39 is 0 Å². The number of hydrogen-bond acceptors (Lipinski definition) is 0. The van der Waals surface area contributed by atoms with Crippen LogP contribution in [0.4, 0.5) is 0 Å². The Labute approximate surface area is 181 Å². The summed E-state index contributed by atoms with van der Waals surface area (Å²) in [5.41, 5.74) is 8.48. The lowest BCUT2D eigenvalue weighted by Crippen LogP contribution is -1.93. The predicted molar refractivity (Wildman–Crippen MR) is 130 cm³/mol. The minimum absolute atomic E-state index is 1.13. The summed E-state index contributed by atoms with van der Waals surface area (Å²) in [6.45, 7) is 0. The quantitative estimate of drug-likeness (QED) is 0.287. The van der Waals surface area contributed by atoms with Crippen molar-refractivity contribution in [2.45, 2.75) is 0 Å². The summed E-state index contributed by atoms with van der Waals surface area (Å²) in [6, 6.07) is 46.2. The molecule has 0 unspecified atom stereocenters. The van der Waals surface area contributed by atoms with E-state index in [1.54, 1.807) is 0 Å². The van der Waals surface area contributed by atoms with Gasteiger partial charge in [0.1, 0.15) is 0 Å². The first kappa shape index (κ1) is 17.7. The molecule has 1 heterocycles. The van der Waals surface area contributed by atoms with Gasteiger partial charge >= 0.3 is 0 Å². The average Bonchev–Trinajstić information content (AvgIpc) is 3.18. The minimum Gasteiger partial charge on any atom is -0.309 e. The van der Waals surface area contributed by atoms with Crippen LogP contribution >= 0.6 is 0 Å². The average molecular weight is 394 g/mol. The van der Waals surface area contributed by atoms with Gasteiger partial charge in [-0.15, -0.1) is 0 Å². The molecule has 0 aliphatic rings. The summed E-state index contributed by atoms with van der Waals surface area (Å²) in [6.07, 6.45) is 0. The Morgan fingerprint density at radius 2 is 1.03 bits per heavy atom. The van der Waals surface area contributed by atoms with Crippen molar-refractivity contribution in [3.63, 3.8) is 0 Å². The topological polar surface area (TPSA) is 4.93 Å². The fourth-order valence-electron chi connectivity index (χ4n) is 4.44. The smallest absolute Gasteiger partial charge is 0.0541 e. The summed E-state index contributed by atoms with van der Waals surface area (Å²) in [5, 5.41) is 2.52. The highest BCUT2D eigenvalue weighted by Gasteiger charge is 2.14. The molecule has 0 fully saturated rings. The van der Waals surface area contributed by atoms with Crippen molar-refractivity contribution in [1.82, 2.24) is 4.57 Å². The van der Waals surface area contributed by atoms with Crippen molar-refractivity contribution in [3.05, 3.63) is 127 Å². The fourth-order valence-corrected chi connectivity index (χ4v) is 4.44. The second-order valence-electron chi connectivity index (χ2n) is 7.79. The van der Waals surface area contributed by atoms with Crippen molar-refractivity contribution in [2.75, 3.05) is 0 Å². The third-order valence-electron chi connectivity index (χ3n) is 5.93. The molecule has 0 aliphatic carbocycles. The molecule has 0 spiro atoms. The molecule has 0 N–H and O–H groups in total. The maximum Gasteiger partial charge on any atom is 0.0541 e. The molecule has 31 heavy (non-hydrogen) atoms. The summed E-state index contributed by atoms with van der Waals surface area (Å²) >= 11 is 0. The van der Waals surface area contributed by atoms with E-state index in [2.05, 4.69) is 120 Å². The van der Waals surface area contributed by atoms with Gasteiger partial charge in [-0.05, 0) is 64.7 Å². The van der Waals surface area contributed by atoms with Crippen molar-refractivity contribution < 1.29 is 0 Å². The number of aromatic nitrogens is 1. The molecule has 0 aliphatic heterocycles. The highest BCUT2D eigenvalue weighted by Crippen LogP contribution is 2.36. The van der Waals surface area contributed by atoms with E-state index in [0.29, 0.717) is 0 Å². The second-order valence-corrected chi connectivity index (χ2v) is 7.79. The molecule has 0 atom stereocenters. The van der Waals surface area contributed by atoms with Gasteiger partial charge in [0.05, 0.1) is 11.0 Å². The third-order valence-corrected chi connectivity index (χ3v) is 5.93. The molecule has 0 saturated carbocycles. The third kappa shape index (κ3) is 3.03. The highest BCUT2D eigenvalue weighted by atomic mass is 15.0. The predicted octanol–water partition coefficient (Wildman–Crippen LogP) is 7.92. The SMILES string of the molecule is [c]1cccc(-n2c3ccc(-c4ccccc4)cc3c3cc(-c4ccccc4)ccc32)c1. The van der Waals surface area contributed by atoms with Gasteiger partial charge in [-0.2, -0.15) is 0 Å². The highest BCUT2D eigenvalue weighted by molar-refractivity contribution is 6.11. The zero-order valence-electron chi connectivity index (χ0n) is 17.0. The summed E-state index contributed by atoms with van der Waals surface area (Å²) < 4.78 is 2.34. The Morgan fingerprint density at radius 1 is 0.484 bits per heavy atom. The number of benzene rings is 5. The van der Waals surface area contributed by atoms with Crippen LogP contribution in [0, 0.1) is 6.07 Å². The van der Waals surface area contributed by atoms with E-state index in [1.165, 1.54) is 44.1 Å². The molecule has 1 aromatic heterocycles. The van der Waals surface area contributed by atoms with Crippen LogP contribution in [0.15, 0.2) is 121 Å². The molecule has 0 bridgehead atoms. The Balaban J connectivity index is 1.67. The van der Waals surface area contributed by atoms with Crippen molar-refractivity contribution in [1.29, 1.82) is 0 Å². The number of rotatable bonds is 3. The molecule has 145 valence electrons. The molecule has 1 heteroatoms. The normalized spacial score (nSPS) is 11.2. The van der Waals surface area contributed by atoms with Crippen molar-refractivity contribution >= 4 is 21.8 Å². The first-order chi connectivity index (χ1) is 15.4. The van der Waals surface area contributed by atoms with Gasteiger partial charge in [0, 0.05) is 16.5 Å². The molecular formula is C30H20N. The largest absolute Gasteiger partial charge is 0.309 e. The van der Waals surface area contributed by atoms with Crippen molar-refractivity contribution in [3.8, 4) is 27.9 Å². The van der Waals surface area contributed by atoms with Crippen LogP contribution in [0.2, 0.25) is 0 Å². The van der Waals surface area contributed by atoms with Crippen LogP contribution in [-0.4, -0.2) is 4.57 Å². The molecule has 6 aromatic rings. The number of hydrogen-bond donors (Lipinski definition) is 0. The van der Waals surface area contributed by atoms with Gasteiger partial charge in [-0.25, -0.2) is 0 Å². The second kappa shape index (κ2) is 7.30. The molecular weight excluding hydrogens is 374 g/mol. The first-order valence-electron chi connectivity index (χ1n) is 10.5. The molecule has 5 aromatic carbocycles. The maximum atomic E-state index is 3.23. The minimum atomic E-state index is 1.13. The fraction of sp³-hybridized carbons (Fsp3) is 0. The first-order valence-corrected chi connectivity index (χ1v) is 10.5. The van der Waals surface area contributed by atoms with E-state index in [0.717, 1.165) is 5.69 Å². The maximum absolute atomic E-state index is 3.23. The van der Waals surface area contributed by atoms with Gasteiger partial charge in [-0.3, -0.25) is 0 Å². The van der Waals surface area contributed by atoms with Gasteiger partial charge < -0.3 is 4.57 Å². The lowest BCUT2D eigenvalue weighted by atomic mass is 10.0. The lowest BCUT2D eigenvalue weighted by molar-refractivity contribution is 1.18. The van der Waals surface area contributed by atoms with Gasteiger partial charge in [0.15, 0.2) is 0 Å². The molecule has 1 nitrogen and oxygen atoms in total. The summed E-state index contributed by atoms with van der Waals surface area (Å²) in [7, 11) is 0. The van der Waals surface area contributed by atoms with Crippen LogP contribution in [0.5, 0.6) is 0 Å². The summed E-state index contributed by atoms with van der Waals surface area (Å²) in [4.78, 5) is 0. The van der Waals surface area contributed by atoms with Gasteiger partial charge in [-0.1, -0.05) is 84.9 Å². The molecule has 0 amide bonds. The van der Waals surface area contributed by atoms with Crippen LogP contribution in [-0.2, 0) is 0 Å². The van der Waals surface area contributed by atoms with Crippen LogP contribution in [0.1, 0.15) is 0 Å². The zero-order valence-corrected chi connectivity index (χ0v) is 17.0. The van der Waals surface area contributed by atoms with E-state index in [-0.39, 0.29) is 0 Å². The Hall–Kier alpha value is -4.10. The van der Waals surface area contributed by atoms with Crippen LogP contribution < -0.4 is 0 Å². The molecule has 6 rings (SSSR count). The zero-order chi connectivity index (χ0) is 20.6. The Morgan fingerprint density at radius 3 is 1.52 bits per heavy atom. The van der Waals surface area contributed by atoms with Gasteiger partial charge in [0.25, 0.3) is 0 Å². The summed E-state index contributed by atoms with van der Waals surface area (Å²) in [5.74, 6) is 0. The number of nitrogens with zero attached hydrogens (tertiary/aromatic N) is 1. The standard InChI is InChI=1S/C30H20N/c1-4-10-22(11-5-1)24-16-18-29-27(20-24)28-21-25(23-12-6-2-7-13-23)17-19-30(28)31(29)26-14-8-3-9-15-26/h1-8,10-21H. The van der Waals surface area contributed by atoms with Gasteiger partial charge in [0.2, 0.25) is 0 Å². The molecule has 1 radical (unpaired) electrons. The van der Waals surface area contributed by atoms with Crippen molar-refractivity contribution in [2.24, 2.45) is 0 Å². The Bertz CT molecular complexity index is 1400. The van der Waals surface area contributed by atoms with E-state index in [1.807, 2.05) is 12.1 Å². The van der Waals surface area contributed by atoms with Crippen LogP contribution in [0.25, 0.3) is 49.7 Å². The molecule has 0 saturated heterocycles. The van der Waals surface area contributed by atoms with E-state index in [4.69, 9.17) is 0 Å². The number of fused-ring (bicyclic) bond motifs is 3. The van der Waals surface area contributed by atoms with Crippen LogP contribution in [0.3, 0.4) is 0 Å². The monoisotopic (exact) mass is 394 g/mol. The van der Waals surface area contributed by atoms with E-state index in [9.17, 15) is 0 Å². The lowest BCUT2D eigenvalue weighted by Gasteiger charge is -2.08.